The van der Waals surface area contributed by atoms with Gasteiger partial charge in [0.05, 0.1) is 6.07 Å². The van der Waals surface area contributed by atoms with E-state index in [2.05, 4.69) is 20.8 Å². The zero-order valence-corrected chi connectivity index (χ0v) is 12.2. The van der Waals surface area contributed by atoms with Gasteiger partial charge in [0.2, 0.25) is 17.5 Å². The summed E-state index contributed by atoms with van der Waals surface area (Å²) in [5.74, 6) is 0.908. The van der Waals surface area contributed by atoms with Crippen LogP contribution in [0.4, 0.5) is 0 Å². The Bertz CT molecular complexity index is 522. The molecule has 1 aromatic carbocycles. The highest BCUT2D eigenvalue weighted by molar-refractivity contribution is 5.55. The lowest BCUT2D eigenvalue weighted by atomic mass is 10.1. The summed E-state index contributed by atoms with van der Waals surface area (Å²) in [7, 11) is -4.94. The fraction of sp³-hybridized carbons (Fsp3) is 0.308. The monoisotopic (exact) mass is 301 g/mol. The Morgan fingerprint density at radius 1 is 0.950 bits per heavy atom. The Morgan fingerprint density at radius 2 is 1.45 bits per heavy atom. The van der Waals surface area contributed by atoms with E-state index in [4.69, 9.17) is 23.2 Å². The number of benzene rings is 1. The number of halogens is 1. The number of hydrogen-bond donors (Lipinski definition) is 0. The highest BCUT2D eigenvalue weighted by atomic mass is 35.7. The minimum absolute atomic E-state index is 0.00691. The van der Waals surface area contributed by atoms with E-state index in [0.29, 0.717) is 0 Å². The first kappa shape index (κ1) is 16.6. The molecule has 0 unspecified atom stereocenters. The van der Waals surface area contributed by atoms with Gasteiger partial charge in [0.25, 0.3) is 0 Å². The van der Waals surface area contributed by atoms with Crippen LogP contribution in [0.5, 0.6) is 0 Å². The van der Waals surface area contributed by atoms with Crippen molar-refractivity contribution in [2.24, 2.45) is 0 Å². The maximum atomic E-state index is 8.49. The molecule has 0 fully saturated rings. The summed E-state index contributed by atoms with van der Waals surface area (Å²) in [6.07, 6.45) is 1.97. The molecule has 0 aliphatic rings. The Balaban J connectivity index is 0.000000347. The van der Waals surface area contributed by atoms with Gasteiger partial charge in [-0.2, -0.15) is 0 Å². The topological polar surface area (TPSA) is 109 Å². The van der Waals surface area contributed by atoms with E-state index in [1.54, 1.807) is 0 Å². The van der Waals surface area contributed by atoms with Crippen LogP contribution in [0.15, 0.2) is 47.1 Å². The van der Waals surface area contributed by atoms with Crippen molar-refractivity contribution in [2.45, 2.75) is 26.3 Å². The fourth-order valence-electron chi connectivity index (χ4n) is 1.41. The van der Waals surface area contributed by atoms with Gasteiger partial charge in [-0.25, -0.2) is 23.2 Å². The second kappa shape index (κ2) is 6.34. The zero-order valence-electron chi connectivity index (χ0n) is 11.4. The van der Waals surface area contributed by atoms with E-state index in [9.17, 15) is 0 Å². The first-order chi connectivity index (χ1) is 9.07. The second-order valence-corrected chi connectivity index (χ2v) is 5.77. The van der Waals surface area contributed by atoms with Crippen LogP contribution in [-0.2, 0) is 5.54 Å². The minimum atomic E-state index is -4.94. The Labute approximate surface area is 119 Å². The molecule has 0 spiro atoms. The minimum Gasteiger partial charge on any atom is -0.236 e. The molecule has 110 valence electrons. The normalized spacial score (nSPS) is 11.8. The molecule has 0 saturated carbocycles. The molecule has 0 amide bonds. The van der Waals surface area contributed by atoms with Gasteiger partial charge < -0.3 is 0 Å². The van der Waals surface area contributed by atoms with E-state index in [-0.39, 0.29) is 5.54 Å². The molecule has 0 radical (unpaired) electrons. The molecule has 0 aliphatic carbocycles. The van der Waals surface area contributed by atoms with E-state index in [1.165, 1.54) is 0 Å². The molecule has 0 N–H and O–H groups in total. The summed E-state index contributed by atoms with van der Waals surface area (Å²) in [6.45, 7) is 6.35. The maximum absolute atomic E-state index is 8.49. The van der Waals surface area contributed by atoms with Gasteiger partial charge >= 0.3 is 0 Å². The Morgan fingerprint density at radius 3 is 1.85 bits per heavy atom. The van der Waals surface area contributed by atoms with Gasteiger partial charge in [0, 0.05) is 26.3 Å². The van der Waals surface area contributed by atoms with E-state index >= 15 is 0 Å². The van der Waals surface area contributed by atoms with E-state index < -0.39 is 10.2 Å². The second-order valence-electron chi connectivity index (χ2n) is 5.01. The highest BCUT2D eigenvalue weighted by Crippen LogP contribution is 2.18. The third-order valence-corrected chi connectivity index (χ3v) is 2.28. The van der Waals surface area contributed by atoms with Crippen LogP contribution >= 0.6 is 0 Å². The molecule has 0 saturated heterocycles. The van der Waals surface area contributed by atoms with Gasteiger partial charge in [0.15, 0.2) is 0 Å². The predicted octanol–water partition coefficient (Wildman–Crippen LogP) is -1.77. The number of nitrogens with zero attached hydrogens (tertiary/aromatic N) is 1. The van der Waals surface area contributed by atoms with Crippen molar-refractivity contribution in [1.82, 2.24) is 0 Å². The van der Waals surface area contributed by atoms with Crippen LogP contribution in [0.2, 0.25) is 0 Å². The lowest BCUT2D eigenvalue weighted by molar-refractivity contribution is -2.00. The van der Waals surface area contributed by atoms with Crippen LogP contribution in [0, 0.1) is 10.2 Å². The SMILES string of the molecule is CC(C)(C)[n+]1ccc(-c2ccccc2)o1.[O-][Cl+3]([O-])([O-])[O-]. The van der Waals surface area contributed by atoms with Crippen molar-refractivity contribution < 1.29 is 38.1 Å². The van der Waals surface area contributed by atoms with E-state index in [0.717, 1.165) is 11.3 Å². The van der Waals surface area contributed by atoms with Crippen molar-refractivity contribution in [3.05, 3.63) is 42.6 Å². The summed E-state index contributed by atoms with van der Waals surface area (Å²) < 4.78 is 41.6. The van der Waals surface area contributed by atoms with Gasteiger partial charge in [-0.05, 0) is 4.74 Å². The molecular weight excluding hydrogens is 286 g/mol. The summed E-state index contributed by atoms with van der Waals surface area (Å²) in [5.41, 5.74) is 1.10. The molecule has 6 nitrogen and oxygen atoms in total. The summed E-state index contributed by atoms with van der Waals surface area (Å²) >= 11 is 0. The molecule has 2 rings (SSSR count). The molecule has 2 aromatic rings. The number of rotatable bonds is 1. The molecule has 0 atom stereocenters. The summed E-state index contributed by atoms with van der Waals surface area (Å²) in [4.78, 5) is 0. The molecule has 0 bridgehead atoms. The third kappa shape index (κ3) is 6.14. The van der Waals surface area contributed by atoms with Crippen molar-refractivity contribution in [1.29, 1.82) is 0 Å². The van der Waals surface area contributed by atoms with Crippen LogP contribution in [0.1, 0.15) is 20.8 Å². The van der Waals surface area contributed by atoms with Crippen LogP contribution < -0.4 is 23.4 Å². The zero-order chi connectivity index (χ0) is 15.4. The van der Waals surface area contributed by atoms with E-state index in [1.807, 2.05) is 47.3 Å². The lowest BCUT2D eigenvalue weighted by Gasteiger charge is -2.17. The Kier molecular flexibility index (Phi) is 5.27. The smallest absolute Gasteiger partial charge is 0.221 e. The van der Waals surface area contributed by atoms with Gasteiger partial charge in [-0.3, -0.25) is 0 Å². The quantitative estimate of drug-likeness (QED) is 0.579. The number of aromatic nitrogens is 1. The first-order valence-electron chi connectivity index (χ1n) is 5.77. The maximum Gasteiger partial charge on any atom is 0.221 e. The van der Waals surface area contributed by atoms with Gasteiger partial charge in [-0.15, -0.1) is 10.2 Å². The first-order valence-corrected chi connectivity index (χ1v) is 7.00. The van der Waals surface area contributed by atoms with Crippen molar-refractivity contribution >= 4 is 0 Å². The van der Waals surface area contributed by atoms with Crippen LogP contribution in [-0.4, -0.2) is 0 Å². The third-order valence-electron chi connectivity index (χ3n) is 2.28. The highest BCUT2D eigenvalue weighted by Gasteiger charge is 2.26. The van der Waals surface area contributed by atoms with Gasteiger partial charge in [0.1, 0.15) is 0 Å². The fourth-order valence-corrected chi connectivity index (χ4v) is 1.41. The van der Waals surface area contributed by atoms with Gasteiger partial charge in [-0.1, -0.05) is 30.3 Å². The largest absolute Gasteiger partial charge is 0.236 e. The average Bonchev–Trinajstić information content (AvgIpc) is 2.76. The van der Waals surface area contributed by atoms with Crippen LogP contribution in [0.3, 0.4) is 0 Å². The molecule has 1 heterocycles. The molecule has 0 aliphatic heterocycles. The van der Waals surface area contributed by atoms with Crippen LogP contribution in [0.25, 0.3) is 11.3 Å². The average molecular weight is 302 g/mol. The standard InChI is InChI=1S/C13H16NO.ClHO4/c1-13(2,3)14-10-9-12(15-14)11-7-5-4-6-8-11;2-1(3,4)5/h4-10H,1-3H3;(H,2,3,4,5)/q+1;/p-1. The lowest BCUT2D eigenvalue weighted by Crippen LogP contribution is -2.68. The van der Waals surface area contributed by atoms with Crippen molar-refractivity contribution in [3.8, 4) is 11.3 Å². The summed E-state index contributed by atoms with van der Waals surface area (Å²) in [6, 6.07) is 12.1. The van der Waals surface area contributed by atoms with Crippen molar-refractivity contribution in [3.63, 3.8) is 0 Å². The Hall–Kier alpha value is -1.44. The molecule has 20 heavy (non-hydrogen) atoms. The molecule has 1 aromatic heterocycles. The summed E-state index contributed by atoms with van der Waals surface area (Å²) in [5, 5.41) is 0. The number of hydrogen-bond acceptors (Lipinski definition) is 5. The van der Waals surface area contributed by atoms with Crippen molar-refractivity contribution in [2.75, 3.05) is 0 Å². The molecule has 7 heteroatoms. The predicted molar refractivity (Wildman–Crippen MR) is 59.3 cm³/mol. The molecular formula is C13H16ClNO5.